The van der Waals surface area contributed by atoms with Crippen LogP contribution in [-0.4, -0.2) is 67.9 Å². The molecule has 12 heteroatoms. The smallest absolute Gasteiger partial charge is 0.337 e. The van der Waals surface area contributed by atoms with E-state index in [1.54, 1.807) is 67.2 Å². The van der Waals surface area contributed by atoms with Crippen molar-refractivity contribution < 1.29 is 32.2 Å². The summed E-state index contributed by atoms with van der Waals surface area (Å²) in [6.07, 6.45) is 0.412. The fourth-order valence-electron chi connectivity index (χ4n) is 4.86. The Kier molecular flexibility index (Phi) is 7.19. The van der Waals surface area contributed by atoms with Gasteiger partial charge >= 0.3 is 5.97 Å². The topological polar surface area (TPSA) is 139 Å². The van der Waals surface area contributed by atoms with Gasteiger partial charge in [0.1, 0.15) is 0 Å². The highest BCUT2D eigenvalue weighted by molar-refractivity contribution is 7.91. The molecule has 3 heterocycles. The van der Waals surface area contributed by atoms with Crippen molar-refractivity contribution in [1.29, 1.82) is 0 Å². The number of sulfone groups is 1. The predicted octanol–water partition coefficient (Wildman–Crippen LogP) is 3.82. The monoisotopic (exact) mass is 564 g/mol. The number of rotatable bonds is 7. The molecule has 1 amide bonds. The lowest BCUT2D eigenvalue weighted by Gasteiger charge is -2.14. The molecule has 1 atom stereocenters. The summed E-state index contributed by atoms with van der Waals surface area (Å²) in [6, 6.07) is 12.9. The number of carbonyl (C=O) groups is 2. The number of nitrogens with zero attached hydrogens (tertiary/aromatic N) is 3. The number of fused-ring (bicyclic) bond motifs is 1. The lowest BCUT2D eigenvalue weighted by atomic mass is 10.0. The summed E-state index contributed by atoms with van der Waals surface area (Å²) in [5.41, 5.74) is 3.25. The number of anilines is 1. The van der Waals surface area contributed by atoms with Crippen LogP contribution in [0.2, 0.25) is 0 Å². The van der Waals surface area contributed by atoms with E-state index in [0.29, 0.717) is 62.7 Å². The molecule has 0 bridgehead atoms. The largest absolute Gasteiger partial charge is 0.493 e. The van der Waals surface area contributed by atoms with Crippen LogP contribution in [0.15, 0.2) is 48.5 Å². The van der Waals surface area contributed by atoms with E-state index < -0.39 is 27.8 Å². The average Bonchev–Trinajstić information content (AvgIpc) is 3.50. The summed E-state index contributed by atoms with van der Waals surface area (Å²) in [4.78, 5) is 30.3. The Bertz CT molecular complexity index is 1730. The number of carbonyl (C=O) groups excluding carboxylic acids is 2. The number of esters is 1. The molecule has 208 valence electrons. The summed E-state index contributed by atoms with van der Waals surface area (Å²) < 4.78 is 41.7. The van der Waals surface area contributed by atoms with E-state index in [9.17, 15) is 18.0 Å². The van der Waals surface area contributed by atoms with Crippen molar-refractivity contribution in [3.8, 4) is 22.8 Å². The summed E-state index contributed by atoms with van der Waals surface area (Å²) in [5, 5.41) is 8.04. The van der Waals surface area contributed by atoms with Crippen molar-refractivity contribution in [1.82, 2.24) is 14.8 Å². The molecule has 11 nitrogen and oxygen atoms in total. The molecule has 5 rings (SSSR count). The van der Waals surface area contributed by atoms with Gasteiger partial charge in [-0.05, 0) is 61.9 Å². The van der Waals surface area contributed by atoms with Gasteiger partial charge < -0.3 is 19.5 Å². The van der Waals surface area contributed by atoms with Crippen LogP contribution >= 0.6 is 0 Å². The SMILES string of the molecule is COC(=O)c1ccc(NC(=O)c2cc(-c3ccc(OC)c(OC)c3)nc3c2c(C)nn3C2CCS(=O)(=O)C2)cc1. The van der Waals surface area contributed by atoms with Crippen molar-refractivity contribution in [2.24, 2.45) is 0 Å². The molecule has 4 aromatic rings. The van der Waals surface area contributed by atoms with Gasteiger partial charge in [-0.1, -0.05) is 0 Å². The maximum Gasteiger partial charge on any atom is 0.337 e. The van der Waals surface area contributed by atoms with E-state index in [2.05, 4.69) is 10.4 Å². The standard InChI is InChI=1S/C28H28N4O7S/c1-16-25-21(27(33)29-19-8-5-17(6-9-19)28(34)39-4)14-22(18-7-10-23(37-2)24(13-18)38-3)30-26(25)32(31-16)20-11-12-40(35,36)15-20/h5-10,13-14,20H,11-12,15H2,1-4H3,(H,29,33). The zero-order valence-electron chi connectivity index (χ0n) is 22.4. The summed E-state index contributed by atoms with van der Waals surface area (Å²) in [6.45, 7) is 1.77. The Labute approximate surface area is 231 Å². The third-order valence-corrected chi connectivity index (χ3v) is 8.63. The van der Waals surface area contributed by atoms with Crippen LogP contribution in [0.5, 0.6) is 11.5 Å². The molecule has 1 aliphatic heterocycles. The van der Waals surface area contributed by atoms with Gasteiger partial charge in [-0.2, -0.15) is 5.10 Å². The molecule has 2 aromatic carbocycles. The quantitative estimate of drug-likeness (QED) is 0.332. The van der Waals surface area contributed by atoms with Gasteiger partial charge in [0.05, 0.1) is 66.8 Å². The molecule has 1 N–H and O–H groups in total. The lowest BCUT2D eigenvalue weighted by molar-refractivity contribution is 0.0600. The van der Waals surface area contributed by atoms with Crippen molar-refractivity contribution in [3.05, 3.63) is 65.4 Å². The van der Waals surface area contributed by atoms with Crippen molar-refractivity contribution in [3.63, 3.8) is 0 Å². The van der Waals surface area contributed by atoms with Crippen molar-refractivity contribution in [2.75, 3.05) is 38.2 Å². The van der Waals surface area contributed by atoms with Crippen LogP contribution in [-0.2, 0) is 14.6 Å². The highest BCUT2D eigenvalue weighted by Gasteiger charge is 2.32. The fraction of sp³-hybridized carbons (Fsp3) is 0.286. The number of methoxy groups -OCH3 is 3. The number of nitrogens with one attached hydrogen (secondary N) is 1. The maximum absolute atomic E-state index is 13.7. The fourth-order valence-corrected chi connectivity index (χ4v) is 6.56. The molecule has 0 aliphatic carbocycles. The normalized spacial score (nSPS) is 16.1. The van der Waals surface area contributed by atoms with E-state index in [4.69, 9.17) is 19.2 Å². The molecule has 1 saturated heterocycles. The first-order chi connectivity index (χ1) is 19.1. The van der Waals surface area contributed by atoms with E-state index in [0.717, 1.165) is 0 Å². The molecular weight excluding hydrogens is 536 g/mol. The highest BCUT2D eigenvalue weighted by Crippen LogP contribution is 2.35. The molecule has 0 saturated carbocycles. The van der Waals surface area contributed by atoms with E-state index in [1.807, 2.05) is 0 Å². The van der Waals surface area contributed by atoms with Crippen LogP contribution in [0.1, 0.15) is 38.9 Å². The number of pyridine rings is 1. The molecule has 40 heavy (non-hydrogen) atoms. The van der Waals surface area contributed by atoms with Gasteiger partial charge in [0.2, 0.25) is 0 Å². The summed E-state index contributed by atoms with van der Waals surface area (Å²) in [7, 11) is 1.18. The third kappa shape index (κ3) is 5.09. The Hall–Kier alpha value is -4.45. The summed E-state index contributed by atoms with van der Waals surface area (Å²) in [5.74, 6) is 0.164. The van der Waals surface area contributed by atoms with E-state index >= 15 is 0 Å². The second-order valence-corrected chi connectivity index (χ2v) is 11.7. The second kappa shape index (κ2) is 10.6. The Morgan fingerprint density at radius 2 is 1.73 bits per heavy atom. The van der Waals surface area contributed by atoms with Gasteiger partial charge in [0, 0.05) is 11.3 Å². The Morgan fingerprint density at radius 1 is 1.00 bits per heavy atom. The second-order valence-electron chi connectivity index (χ2n) is 9.43. The number of benzene rings is 2. The lowest BCUT2D eigenvalue weighted by Crippen LogP contribution is -2.15. The minimum absolute atomic E-state index is 0.0421. The Balaban J connectivity index is 1.63. The van der Waals surface area contributed by atoms with Crippen molar-refractivity contribution >= 4 is 38.4 Å². The van der Waals surface area contributed by atoms with E-state index in [-0.39, 0.29) is 11.5 Å². The molecule has 0 spiro atoms. The summed E-state index contributed by atoms with van der Waals surface area (Å²) >= 11 is 0. The Morgan fingerprint density at radius 3 is 2.35 bits per heavy atom. The van der Waals surface area contributed by atoms with Crippen molar-refractivity contribution in [2.45, 2.75) is 19.4 Å². The minimum Gasteiger partial charge on any atom is -0.493 e. The van der Waals surface area contributed by atoms with Gasteiger partial charge in [-0.15, -0.1) is 0 Å². The van der Waals surface area contributed by atoms with Crippen LogP contribution in [0.4, 0.5) is 5.69 Å². The highest BCUT2D eigenvalue weighted by atomic mass is 32.2. The van der Waals surface area contributed by atoms with Gasteiger partial charge in [0.15, 0.2) is 27.0 Å². The zero-order valence-corrected chi connectivity index (χ0v) is 23.2. The number of hydrogen-bond donors (Lipinski definition) is 1. The van der Waals surface area contributed by atoms with E-state index in [1.165, 1.54) is 14.2 Å². The van der Waals surface area contributed by atoms with Crippen LogP contribution in [0.3, 0.4) is 0 Å². The van der Waals surface area contributed by atoms with Crippen LogP contribution in [0.25, 0.3) is 22.3 Å². The minimum atomic E-state index is -3.19. The first kappa shape index (κ1) is 27.1. The number of amides is 1. The molecule has 1 fully saturated rings. The molecule has 2 aromatic heterocycles. The molecular formula is C28H28N4O7S. The van der Waals surface area contributed by atoms with Gasteiger partial charge in [-0.25, -0.2) is 22.9 Å². The molecule has 0 radical (unpaired) electrons. The molecule has 1 unspecified atom stereocenters. The maximum atomic E-state index is 13.7. The number of aromatic nitrogens is 3. The van der Waals surface area contributed by atoms with Gasteiger partial charge in [0.25, 0.3) is 5.91 Å². The first-order valence-electron chi connectivity index (χ1n) is 12.5. The van der Waals surface area contributed by atoms with Crippen LogP contribution in [0, 0.1) is 6.92 Å². The first-order valence-corrected chi connectivity index (χ1v) is 14.3. The average molecular weight is 565 g/mol. The number of aryl methyl sites for hydroxylation is 1. The number of ether oxygens (including phenoxy) is 3. The third-order valence-electron chi connectivity index (χ3n) is 6.88. The van der Waals surface area contributed by atoms with Gasteiger partial charge in [-0.3, -0.25) is 4.79 Å². The molecule has 1 aliphatic rings. The predicted molar refractivity (Wildman–Crippen MR) is 149 cm³/mol. The van der Waals surface area contributed by atoms with Crippen LogP contribution < -0.4 is 14.8 Å². The zero-order chi connectivity index (χ0) is 28.6. The number of hydrogen-bond acceptors (Lipinski definition) is 9.